The second-order valence-corrected chi connectivity index (χ2v) is 10.1. The predicted octanol–water partition coefficient (Wildman–Crippen LogP) is 3.68. The minimum atomic E-state index is -0.762. The molecule has 2 aliphatic heterocycles. The number of ether oxygens (including phenoxy) is 1. The van der Waals surface area contributed by atoms with E-state index < -0.39 is 6.17 Å². The molecule has 4 aromatic rings. The lowest BCUT2D eigenvalue weighted by molar-refractivity contribution is -0.0611. The first-order chi connectivity index (χ1) is 16.9. The lowest BCUT2D eigenvalue weighted by Gasteiger charge is -2.41. The summed E-state index contributed by atoms with van der Waals surface area (Å²) in [4.78, 5) is 7.01. The van der Waals surface area contributed by atoms with Crippen molar-refractivity contribution in [1.82, 2.24) is 34.8 Å². The number of nitrogens with zero attached hydrogens (tertiary/aromatic N) is 6. The summed E-state index contributed by atoms with van der Waals surface area (Å²) in [7, 11) is 1.97. The van der Waals surface area contributed by atoms with E-state index in [0.717, 1.165) is 52.3 Å². The van der Waals surface area contributed by atoms with Gasteiger partial charge in [-0.1, -0.05) is 18.2 Å². The lowest BCUT2D eigenvalue weighted by atomic mass is 9.75. The molecule has 1 N–H and O–H groups in total. The third-order valence-electron chi connectivity index (χ3n) is 7.62. The summed E-state index contributed by atoms with van der Waals surface area (Å²) >= 11 is 0. The molecule has 2 unspecified atom stereocenters. The zero-order valence-corrected chi connectivity index (χ0v) is 20.3. The third-order valence-corrected chi connectivity index (χ3v) is 7.62. The molecule has 0 radical (unpaired) electrons. The molecule has 35 heavy (non-hydrogen) atoms. The average molecular weight is 476 g/mol. The van der Waals surface area contributed by atoms with Crippen LogP contribution in [0.4, 0.5) is 4.39 Å². The van der Waals surface area contributed by atoms with Crippen molar-refractivity contribution >= 4 is 10.9 Å². The van der Waals surface area contributed by atoms with Crippen molar-refractivity contribution < 1.29 is 9.13 Å². The van der Waals surface area contributed by atoms with Gasteiger partial charge >= 0.3 is 0 Å². The normalized spacial score (nSPS) is 20.9. The lowest BCUT2D eigenvalue weighted by Crippen LogP contribution is -2.49. The quantitative estimate of drug-likeness (QED) is 0.458. The topological polar surface area (TPSA) is 84.8 Å². The second-order valence-electron chi connectivity index (χ2n) is 10.1. The van der Waals surface area contributed by atoms with Crippen molar-refractivity contribution in [3.05, 3.63) is 59.4 Å². The average Bonchev–Trinajstić information content (AvgIpc) is 3.55. The molecule has 2 saturated heterocycles. The van der Waals surface area contributed by atoms with Gasteiger partial charge in [-0.25, -0.2) is 4.39 Å². The van der Waals surface area contributed by atoms with E-state index in [1.165, 1.54) is 5.56 Å². The first-order valence-corrected chi connectivity index (χ1v) is 12.2. The number of aromatic amines is 1. The predicted molar refractivity (Wildman–Crippen MR) is 131 cm³/mol. The Morgan fingerprint density at radius 2 is 2.14 bits per heavy atom. The molecule has 6 rings (SSSR count). The molecule has 0 aliphatic carbocycles. The van der Waals surface area contributed by atoms with E-state index in [2.05, 4.69) is 57.5 Å². The van der Waals surface area contributed by atoms with Crippen LogP contribution in [0, 0.1) is 6.92 Å². The molecule has 0 spiro atoms. The van der Waals surface area contributed by atoms with Crippen LogP contribution in [0.5, 0.6) is 0 Å². The number of hydrogen-bond acceptors (Lipinski definition) is 6. The van der Waals surface area contributed by atoms with E-state index in [1.807, 2.05) is 18.5 Å². The van der Waals surface area contributed by atoms with Crippen molar-refractivity contribution in [2.75, 3.05) is 26.3 Å². The highest BCUT2D eigenvalue weighted by Gasteiger charge is 2.42. The zero-order chi connectivity index (χ0) is 24.2. The number of pyridine rings is 1. The van der Waals surface area contributed by atoms with Gasteiger partial charge in [0.15, 0.2) is 0 Å². The third kappa shape index (κ3) is 3.83. The van der Waals surface area contributed by atoms with E-state index in [4.69, 9.17) is 14.8 Å². The summed E-state index contributed by atoms with van der Waals surface area (Å²) in [5.74, 6) is 0.946. The molecule has 182 valence electrons. The molecular weight excluding hydrogens is 445 g/mol. The monoisotopic (exact) mass is 475 g/mol. The van der Waals surface area contributed by atoms with Gasteiger partial charge in [0.25, 0.3) is 0 Å². The number of aromatic nitrogens is 6. The number of hydrogen-bond donors (Lipinski definition) is 1. The Hall–Kier alpha value is -3.17. The highest BCUT2D eigenvalue weighted by Crippen LogP contribution is 2.39. The van der Waals surface area contributed by atoms with Gasteiger partial charge in [0.2, 0.25) is 0 Å². The van der Waals surface area contributed by atoms with Crippen LogP contribution in [0.25, 0.3) is 22.2 Å². The number of fused-ring (bicyclic) bond motifs is 1. The maximum atomic E-state index is 13.9. The number of benzene rings is 1. The Kier molecular flexibility index (Phi) is 5.41. The highest BCUT2D eigenvalue weighted by molar-refractivity contribution is 5.94. The van der Waals surface area contributed by atoms with Crippen LogP contribution < -0.4 is 0 Å². The Balaban J connectivity index is 1.38. The molecule has 0 bridgehead atoms. The minimum Gasteiger partial charge on any atom is -0.379 e. The van der Waals surface area contributed by atoms with Crippen LogP contribution in [0.1, 0.15) is 42.2 Å². The molecule has 2 atom stereocenters. The van der Waals surface area contributed by atoms with Crippen molar-refractivity contribution in [2.45, 2.75) is 44.3 Å². The van der Waals surface area contributed by atoms with Crippen LogP contribution in [-0.4, -0.2) is 67.3 Å². The van der Waals surface area contributed by atoms with Crippen LogP contribution in [-0.2, 0) is 23.6 Å². The Morgan fingerprint density at radius 3 is 2.83 bits per heavy atom. The first kappa shape index (κ1) is 22.3. The Labute approximate surface area is 203 Å². The van der Waals surface area contributed by atoms with Crippen molar-refractivity contribution in [2.24, 2.45) is 7.05 Å². The molecule has 0 amide bonds. The Bertz CT molecular complexity index is 1380. The zero-order valence-electron chi connectivity index (χ0n) is 20.3. The summed E-state index contributed by atoms with van der Waals surface area (Å²) in [6.07, 6.45) is 2.33. The summed E-state index contributed by atoms with van der Waals surface area (Å²) in [6.45, 7) is 6.62. The minimum absolute atomic E-state index is 0.0135. The van der Waals surface area contributed by atoms with E-state index >= 15 is 0 Å². The molecule has 1 aromatic carbocycles. The fraction of sp³-hybridized carbons (Fsp3) is 0.462. The van der Waals surface area contributed by atoms with Gasteiger partial charge in [-0.2, -0.15) is 5.10 Å². The van der Waals surface area contributed by atoms with Crippen molar-refractivity contribution in [3.63, 3.8) is 0 Å². The summed E-state index contributed by atoms with van der Waals surface area (Å²) in [6, 6.07) is 10.7. The van der Waals surface area contributed by atoms with Gasteiger partial charge in [-0.3, -0.25) is 15.0 Å². The van der Waals surface area contributed by atoms with Gasteiger partial charge in [0, 0.05) is 48.6 Å². The van der Waals surface area contributed by atoms with Gasteiger partial charge in [0.1, 0.15) is 24.0 Å². The van der Waals surface area contributed by atoms with Gasteiger partial charge in [-0.05, 0) is 38.0 Å². The standard InChI is InChI=1S/C26H30FN7O/c1-16-9-21-24(31-32-25(21)23(29-16)17(2)34-8-7-20(27)12-34)18-5-4-6-19(10-18)26(13-35-14-26)11-22-30-28-15-33(22)3/h4-6,9-10,15,17,20H,7-8,11-14H2,1-3H3,(H,31,32). The Morgan fingerprint density at radius 1 is 1.29 bits per heavy atom. The number of nitrogens with one attached hydrogen (secondary N) is 1. The number of H-pyrrole nitrogens is 1. The number of likely N-dealkylation sites (tertiary alicyclic amines) is 1. The number of halogens is 1. The van der Waals surface area contributed by atoms with Gasteiger partial charge in [0.05, 0.1) is 30.5 Å². The SMILES string of the molecule is Cc1cc2c(-c3cccc(C4(Cc5nncn5C)COC4)c3)n[nH]c2c(C(C)N2CCC(F)C2)n1. The maximum absolute atomic E-state index is 13.9. The van der Waals surface area contributed by atoms with E-state index in [0.29, 0.717) is 26.2 Å². The van der Waals surface area contributed by atoms with E-state index in [-0.39, 0.29) is 11.5 Å². The maximum Gasteiger partial charge on any atom is 0.133 e. The summed E-state index contributed by atoms with van der Waals surface area (Å²) in [5, 5.41) is 17.4. The van der Waals surface area contributed by atoms with Crippen LogP contribution >= 0.6 is 0 Å². The van der Waals surface area contributed by atoms with Crippen LogP contribution in [0.15, 0.2) is 36.7 Å². The molecule has 9 heteroatoms. The second kappa shape index (κ2) is 8.49. The van der Waals surface area contributed by atoms with Gasteiger partial charge in [-0.15, -0.1) is 10.2 Å². The smallest absolute Gasteiger partial charge is 0.133 e. The molecule has 2 aliphatic rings. The first-order valence-electron chi connectivity index (χ1n) is 12.2. The summed E-state index contributed by atoms with van der Waals surface area (Å²) < 4.78 is 21.5. The van der Waals surface area contributed by atoms with E-state index in [9.17, 15) is 4.39 Å². The number of aryl methyl sites for hydroxylation is 2. The molecule has 2 fully saturated rings. The van der Waals surface area contributed by atoms with Crippen LogP contribution in [0.2, 0.25) is 0 Å². The molecular formula is C26H30FN7O. The molecule has 8 nitrogen and oxygen atoms in total. The summed E-state index contributed by atoms with van der Waals surface area (Å²) in [5.41, 5.74) is 5.82. The molecule has 5 heterocycles. The highest BCUT2D eigenvalue weighted by atomic mass is 19.1. The molecule has 3 aromatic heterocycles. The number of rotatable bonds is 6. The fourth-order valence-corrected chi connectivity index (χ4v) is 5.45. The number of alkyl halides is 1. The fourth-order valence-electron chi connectivity index (χ4n) is 5.45. The van der Waals surface area contributed by atoms with Crippen molar-refractivity contribution in [1.29, 1.82) is 0 Å². The van der Waals surface area contributed by atoms with Crippen LogP contribution in [0.3, 0.4) is 0 Å². The van der Waals surface area contributed by atoms with E-state index in [1.54, 1.807) is 6.33 Å². The van der Waals surface area contributed by atoms with Crippen molar-refractivity contribution in [3.8, 4) is 11.3 Å². The largest absolute Gasteiger partial charge is 0.379 e. The van der Waals surface area contributed by atoms with Gasteiger partial charge < -0.3 is 9.30 Å². The molecule has 0 saturated carbocycles.